The van der Waals surface area contributed by atoms with Gasteiger partial charge in [0.05, 0.1) is 0 Å². The minimum atomic E-state index is -2.42. The smallest absolute Gasteiger partial charge is 0.261 e. The van der Waals surface area contributed by atoms with Gasteiger partial charge in [-0.3, -0.25) is 0 Å². The molecule has 0 amide bonds. The van der Waals surface area contributed by atoms with Crippen molar-refractivity contribution in [1.29, 1.82) is 0 Å². The van der Waals surface area contributed by atoms with E-state index in [-0.39, 0.29) is 10.3 Å². The zero-order valence-electron chi connectivity index (χ0n) is 14.9. The molecule has 24 heavy (non-hydrogen) atoms. The zero-order valence-corrected chi connectivity index (χ0v) is 16.8. The van der Waals surface area contributed by atoms with Crippen LogP contribution in [0.1, 0.15) is 27.2 Å². The predicted octanol–water partition coefficient (Wildman–Crippen LogP) is 4.44. The van der Waals surface area contributed by atoms with E-state index in [9.17, 15) is 0 Å². The van der Waals surface area contributed by atoms with E-state index >= 15 is 0 Å². The van der Waals surface area contributed by atoms with Crippen molar-refractivity contribution in [2.24, 2.45) is 0 Å². The molecule has 2 rings (SSSR count). The highest BCUT2D eigenvalue weighted by Crippen LogP contribution is 2.37. The molecule has 0 aliphatic rings. The molecule has 0 spiro atoms. The maximum absolute atomic E-state index is 6.80. The van der Waals surface area contributed by atoms with Crippen LogP contribution in [0.25, 0.3) is 0 Å². The Morgan fingerprint density at radius 1 is 1.00 bits per heavy atom. The van der Waals surface area contributed by atoms with Gasteiger partial charge in [-0.15, -0.1) is 6.58 Å². The van der Waals surface area contributed by atoms with E-state index in [2.05, 4.69) is 101 Å². The topological polar surface area (TPSA) is 9.23 Å². The summed E-state index contributed by atoms with van der Waals surface area (Å²) in [5.74, 6) is 0. The third-order valence-electron chi connectivity index (χ3n) is 4.35. The number of hydrogen-bond donors (Lipinski definition) is 1. The van der Waals surface area contributed by atoms with E-state index in [1.807, 2.05) is 6.08 Å². The molecule has 2 aromatic carbocycles. The first-order chi connectivity index (χ1) is 11.4. The first-order valence-electron chi connectivity index (χ1n) is 8.46. The molecule has 1 nitrogen and oxygen atoms in total. The van der Waals surface area contributed by atoms with E-state index in [1.165, 1.54) is 10.4 Å². The molecule has 0 saturated heterocycles. The first-order valence-corrected chi connectivity index (χ1v) is 10.9. The van der Waals surface area contributed by atoms with E-state index in [0.717, 1.165) is 6.42 Å². The van der Waals surface area contributed by atoms with Crippen LogP contribution in [0.4, 0.5) is 0 Å². The lowest BCUT2D eigenvalue weighted by Gasteiger charge is -2.43. The van der Waals surface area contributed by atoms with Crippen LogP contribution in [0.3, 0.4) is 0 Å². The van der Waals surface area contributed by atoms with Crippen molar-refractivity contribution in [2.45, 2.75) is 37.5 Å². The Bertz CT molecular complexity index is 594. The van der Waals surface area contributed by atoms with Gasteiger partial charge in [-0.25, -0.2) is 0 Å². The lowest BCUT2D eigenvalue weighted by molar-refractivity contribution is 0.298. The number of allylic oxidation sites excluding steroid dienone is 1. The van der Waals surface area contributed by atoms with Gasteiger partial charge in [0.15, 0.2) is 0 Å². The molecule has 0 heterocycles. The van der Waals surface area contributed by atoms with Crippen molar-refractivity contribution < 1.29 is 4.43 Å². The third kappa shape index (κ3) is 4.02. The quantitative estimate of drug-likeness (QED) is 0.438. The Morgan fingerprint density at radius 3 is 1.83 bits per heavy atom. The van der Waals surface area contributed by atoms with Gasteiger partial charge < -0.3 is 4.43 Å². The molecular weight excluding hydrogens is 328 g/mol. The van der Waals surface area contributed by atoms with Gasteiger partial charge in [-0.2, -0.15) is 12.6 Å². The second-order valence-corrected chi connectivity index (χ2v) is 12.2. The fraction of sp³-hybridized carbons (Fsp3) is 0.333. The fourth-order valence-corrected chi connectivity index (χ4v) is 8.21. The Hall–Kier alpha value is -1.29. The molecule has 1 atom stereocenters. The lowest BCUT2D eigenvalue weighted by atomic mass is 10.2. The van der Waals surface area contributed by atoms with Gasteiger partial charge >= 0.3 is 0 Å². The van der Waals surface area contributed by atoms with Gasteiger partial charge in [0.25, 0.3) is 8.32 Å². The second kappa shape index (κ2) is 8.19. The maximum Gasteiger partial charge on any atom is 0.261 e. The third-order valence-corrected chi connectivity index (χ3v) is 9.71. The largest absolute Gasteiger partial charge is 0.406 e. The summed E-state index contributed by atoms with van der Waals surface area (Å²) in [5.41, 5.74) is 0. The van der Waals surface area contributed by atoms with E-state index in [4.69, 9.17) is 4.43 Å². The van der Waals surface area contributed by atoms with E-state index in [0.29, 0.717) is 6.61 Å². The number of hydrogen-bond acceptors (Lipinski definition) is 2. The molecule has 0 fully saturated rings. The average Bonchev–Trinajstić information content (AvgIpc) is 2.56. The van der Waals surface area contributed by atoms with Crippen LogP contribution in [0.5, 0.6) is 0 Å². The number of thiol groups is 1. The van der Waals surface area contributed by atoms with Gasteiger partial charge in [-0.05, 0) is 21.8 Å². The Morgan fingerprint density at radius 2 is 1.46 bits per heavy atom. The monoisotopic (exact) mass is 356 g/mol. The van der Waals surface area contributed by atoms with Crippen molar-refractivity contribution >= 4 is 31.3 Å². The van der Waals surface area contributed by atoms with Crippen molar-refractivity contribution in [2.75, 3.05) is 6.61 Å². The van der Waals surface area contributed by atoms with Gasteiger partial charge in [0.1, 0.15) is 0 Å². The average molecular weight is 357 g/mol. The summed E-state index contributed by atoms with van der Waals surface area (Å²) in [6, 6.07) is 21.4. The SMILES string of the molecule is C=CC[C@H](S)CO[Si](c1ccccc1)(c1ccccc1)C(C)(C)C. The van der Waals surface area contributed by atoms with E-state index < -0.39 is 8.32 Å². The fourth-order valence-electron chi connectivity index (χ4n) is 3.24. The van der Waals surface area contributed by atoms with Crippen LogP contribution >= 0.6 is 12.6 Å². The molecule has 2 aromatic rings. The molecule has 0 aliphatic heterocycles. The summed E-state index contributed by atoms with van der Waals surface area (Å²) in [4.78, 5) is 0. The predicted molar refractivity (Wildman–Crippen MR) is 111 cm³/mol. The van der Waals surface area contributed by atoms with Crippen molar-refractivity contribution in [1.82, 2.24) is 0 Å². The van der Waals surface area contributed by atoms with Gasteiger partial charge in [-0.1, -0.05) is 87.5 Å². The highest BCUT2D eigenvalue weighted by molar-refractivity contribution is 7.81. The van der Waals surface area contributed by atoms with Crippen molar-refractivity contribution in [3.05, 3.63) is 73.3 Å². The van der Waals surface area contributed by atoms with Crippen LogP contribution in [0.15, 0.2) is 73.3 Å². The standard InChI is InChI=1S/C21H28OSSi/c1-5-12-18(23)17-22-24(21(2,3)4,19-13-8-6-9-14-19)20-15-10-7-11-16-20/h5-11,13-16,18,23H,1,12,17H2,2-4H3/t18-/m0/s1. The highest BCUT2D eigenvalue weighted by Gasteiger charge is 2.50. The zero-order chi connectivity index (χ0) is 17.6. The lowest BCUT2D eigenvalue weighted by Crippen LogP contribution is -2.67. The maximum atomic E-state index is 6.80. The van der Waals surface area contributed by atoms with Crippen molar-refractivity contribution in [3.63, 3.8) is 0 Å². The van der Waals surface area contributed by atoms with Gasteiger partial charge in [0, 0.05) is 11.9 Å². The minimum Gasteiger partial charge on any atom is -0.406 e. The molecule has 0 aromatic heterocycles. The Balaban J connectivity index is 2.55. The minimum absolute atomic E-state index is 0.0113. The van der Waals surface area contributed by atoms with Crippen LogP contribution in [0.2, 0.25) is 5.04 Å². The summed E-state index contributed by atoms with van der Waals surface area (Å²) in [5, 5.41) is 2.80. The van der Waals surface area contributed by atoms with Gasteiger partial charge in [0.2, 0.25) is 0 Å². The molecule has 0 aliphatic carbocycles. The number of benzene rings is 2. The molecule has 128 valence electrons. The molecule has 0 saturated carbocycles. The normalized spacial score (nSPS) is 13.5. The van der Waals surface area contributed by atoms with Crippen LogP contribution in [-0.2, 0) is 4.43 Å². The molecule has 0 bridgehead atoms. The molecule has 0 unspecified atom stereocenters. The number of rotatable bonds is 7. The van der Waals surface area contributed by atoms with Crippen molar-refractivity contribution in [3.8, 4) is 0 Å². The first kappa shape index (κ1) is 19.0. The van der Waals surface area contributed by atoms with Crippen LogP contribution in [-0.4, -0.2) is 20.2 Å². The van der Waals surface area contributed by atoms with E-state index in [1.54, 1.807) is 0 Å². The molecule has 0 N–H and O–H groups in total. The van der Waals surface area contributed by atoms with Crippen LogP contribution < -0.4 is 10.4 Å². The highest BCUT2D eigenvalue weighted by atomic mass is 32.1. The molecule has 0 radical (unpaired) electrons. The summed E-state index contributed by atoms with van der Waals surface area (Å²) >= 11 is 4.67. The second-order valence-electron chi connectivity index (χ2n) is 7.15. The summed E-state index contributed by atoms with van der Waals surface area (Å²) in [7, 11) is -2.42. The Kier molecular flexibility index (Phi) is 6.50. The Labute approximate surface area is 153 Å². The van der Waals surface area contributed by atoms with Crippen LogP contribution in [0, 0.1) is 0 Å². The summed E-state index contributed by atoms with van der Waals surface area (Å²) < 4.78 is 6.80. The summed E-state index contributed by atoms with van der Waals surface area (Å²) in [6.45, 7) is 11.3. The summed E-state index contributed by atoms with van der Waals surface area (Å²) in [6.07, 6.45) is 2.76. The molecule has 3 heteroatoms. The molecular formula is C21H28OSSi.